The molecule has 33 heavy (non-hydrogen) atoms. The molecule has 2 heterocycles. The molecule has 0 spiro atoms. The van der Waals surface area contributed by atoms with E-state index in [0.29, 0.717) is 41.7 Å². The van der Waals surface area contributed by atoms with Crippen LogP contribution in [0.25, 0.3) is 5.76 Å². The van der Waals surface area contributed by atoms with Crippen LogP contribution in [-0.2, 0) is 9.59 Å². The first kappa shape index (κ1) is 22.2. The highest BCUT2D eigenvalue weighted by Crippen LogP contribution is 2.43. The Hall–Kier alpha value is -4.00. The lowest BCUT2D eigenvalue weighted by Crippen LogP contribution is -2.29. The first-order chi connectivity index (χ1) is 16.0. The SMILES string of the molecule is CCOc1cccc(N2C(=O)C(=O)/C(=C(\O)c3ccc(OCC)c(C)c3)C2c2ccco2)c1. The number of rotatable bonds is 7. The van der Waals surface area contributed by atoms with E-state index in [1.54, 1.807) is 54.6 Å². The molecular weight excluding hydrogens is 422 g/mol. The molecular formula is C26H25NO6. The molecule has 2 aromatic carbocycles. The number of carbonyl (C=O) groups excluding carboxylic acids is 2. The first-order valence-electron chi connectivity index (χ1n) is 10.8. The van der Waals surface area contributed by atoms with Crippen LogP contribution in [0.4, 0.5) is 5.69 Å². The summed E-state index contributed by atoms with van der Waals surface area (Å²) < 4.78 is 16.7. The van der Waals surface area contributed by atoms with Crippen LogP contribution in [0.15, 0.2) is 70.9 Å². The summed E-state index contributed by atoms with van der Waals surface area (Å²) >= 11 is 0. The molecule has 7 nitrogen and oxygen atoms in total. The zero-order valence-corrected chi connectivity index (χ0v) is 18.7. The van der Waals surface area contributed by atoms with E-state index in [1.807, 2.05) is 20.8 Å². The van der Waals surface area contributed by atoms with Crippen molar-refractivity contribution >= 4 is 23.1 Å². The maximum Gasteiger partial charge on any atom is 0.300 e. The Morgan fingerprint density at radius 3 is 2.48 bits per heavy atom. The van der Waals surface area contributed by atoms with Crippen LogP contribution >= 0.6 is 0 Å². The molecule has 1 unspecified atom stereocenters. The van der Waals surface area contributed by atoms with Crippen LogP contribution in [0.2, 0.25) is 0 Å². The molecule has 4 rings (SSSR count). The van der Waals surface area contributed by atoms with Crippen molar-refractivity contribution in [3.8, 4) is 11.5 Å². The van der Waals surface area contributed by atoms with Crippen LogP contribution in [0.3, 0.4) is 0 Å². The maximum absolute atomic E-state index is 13.2. The zero-order chi connectivity index (χ0) is 23.5. The highest BCUT2D eigenvalue weighted by atomic mass is 16.5. The van der Waals surface area contributed by atoms with Gasteiger partial charge in [-0.05, 0) is 68.8 Å². The third-order valence-corrected chi connectivity index (χ3v) is 5.41. The largest absolute Gasteiger partial charge is 0.507 e. The van der Waals surface area contributed by atoms with Gasteiger partial charge < -0.3 is 19.0 Å². The number of aliphatic hydroxyl groups excluding tert-OH is 1. The third-order valence-electron chi connectivity index (χ3n) is 5.41. The predicted molar refractivity (Wildman–Crippen MR) is 123 cm³/mol. The van der Waals surface area contributed by atoms with Gasteiger partial charge in [-0.2, -0.15) is 0 Å². The number of hydrogen-bond donors (Lipinski definition) is 1. The second-order valence-corrected chi connectivity index (χ2v) is 7.53. The molecule has 1 amide bonds. The topological polar surface area (TPSA) is 89.2 Å². The van der Waals surface area contributed by atoms with Crippen molar-refractivity contribution in [1.82, 2.24) is 0 Å². The van der Waals surface area contributed by atoms with Gasteiger partial charge >= 0.3 is 0 Å². The molecule has 7 heteroatoms. The van der Waals surface area contributed by atoms with E-state index in [0.717, 1.165) is 5.56 Å². The number of aliphatic hydroxyl groups is 1. The van der Waals surface area contributed by atoms with Crippen molar-refractivity contribution in [2.75, 3.05) is 18.1 Å². The molecule has 0 radical (unpaired) electrons. The number of aryl methyl sites for hydroxylation is 1. The molecule has 3 aromatic rings. The number of benzene rings is 2. The number of Topliss-reactive ketones (excluding diaryl/α,β-unsaturated/α-hetero) is 1. The molecule has 1 aliphatic rings. The van der Waals surface area contributed by atoms with Gasteiger partial charge in [-0.15, -0.1) is 0 Å². The van der Waals surface area contributed by atoms with E-state index < -0.39 is 17.7 Å². The minimum absolute atomic E-state index is 0.0414. The molecule has 1 saturated heterocycles. The third kappa shape index (κ3) is 4.09. The standard InChI is InChI=1S/C26H25NO6/c1-4-31-19-9-6-8-18(15-19)27-23(21-10-7-13-33-21)22(25(29)26(27)30)24(28)17-11-12-20(32-5-2)16(3)14-17/h6-15,23,28H,4-5H2,1-3H3/b24-22-. The second kappa shape index (κ2) is 9.24. The number of ketones is 1. The normalized spacial score (nSPS) is 17.4. The molecule has 170 valence electrons. The fourth-order valence-electron chi connectivity index (χ4n) is 3.97. The Morgan fingerprint density at radius 2 is 1.82 bits per heavy atom. The van der Waals surface area contributed by atoms with Crippen LogP contribution in [0.5, 0.6) is 11.5 Å². The van der Waals surface area contributed by atoms with Gasteiger partial charge in [-0.1, -0.05) is 6.07 Å². The van der Waals surface area contributed by atoms with E-state index in [2.05, 4.69) is 0 Å². The number of nitrogens with zero attached hydrogens (tertiary/aromatic N) is 1. The Balaban J connectivity index is 1.86. The minimum Gasteiger partial charge on any atom is -0.507 e. The smallest absolute Gasteiger partial charge is 0.300 e. The van der Waals surface area contributed by atoms with Gasteiger partial charge in [0.1, 0.15) is 29.1 Å². The summed E-state index contributed by atoms with van der Waals surface area (Å²) in [6.45, 7) is 6.57. The number of amides is 1. The second-order valence-electron chi connectivity index (χ2n) is 7.53. The van der Waals surface area contributed by atoms with Gasteiger partial charge in [0.15, 0.2) is 0 Å². The number of carbonyl (C=O) groups is 2. The fourth-order valence-corrected chi connectivity index (χ4v) is 3.97. The average molecular weight is 447 g/mol. The Morgan fingerprint density at radius 1 is 1.03 bits per heavy atom. The minimum atomic E-state index is -0.927. The van der Waals surface area contributed by atoms with E-state index in [1.165, 1.54) is 11.2 Å². The maximum atomic E-state index is 13.2. The summed E-state index contributed by atoms with van der Waals surface area (Å²) in [6, 6.07) is 14.5. The van der Waals surface area contributed by atoms with E-state index in [9.17, 15) is 14.7 Å². The van der Waals surface area contributed by atoms with Crippen LogP contribution in [0.1, 0.15) is 36.8 Å². The van der Waals surface area contributed by atoms with Gasteiger partial charge in [-0.3, -0.25) is 14.5 Å². The fraction of sp³-hybridized carbons (Fsp3) is 0.231. The van der Waals surface area contributed by atoms with Crippen molar-refractivity contribution in [1.29, 1.82) is 0 Å². The van der Waals surface area contributed by atoms with Gasteiger partial charge in [-0.25, -0.2) is 0 Å². The van der Waals surface area contributed by atoms with Gasteiger partial charge in [0, 0.05) is 17.3 Å². The van der Waals surface area contributed by atoms with Gasteiger partial charge in [0.2, 0.25) is 0 Å². The Kier molecular flexibility index (Phi) is 6.22. The van der Waals surface area contributed by atoms with Gasteiger partial charge in [0.25, 0.3) is 11.7 Å². The van der Waals surface area contributed by atoms with Crippen LogP contribution in [0, 0.1) is 6.92 Å². The first-order valence-corrected chi connectivity index (χ1v) is 10.8. The van der Waals surface area contributed by atoms with E-state index >= 15 is 0 Å². The highest BCUT2D eigenvalue weighted by Gasteiger charge is 2.48. The van der Waals surface area contributed by atoms with Crippen molar-refractivity contribution in [3.63, 3.8) is 0 Å². The molecule has 0 aliphatic carbocycles. The lowest BCUT2D eigenvalue weighted by atomic mass is 9.98. The summed E-state index contributed by atoms with van der Waals surface area (Å²) in [6.07, 6.45) is 1.47. The summed E-state index contributed by atoms with van der Waals surface area (Å²) in [5, 5.41) is 11.2. The summed E-state index contributed by atoms with van der Waals surface area (Å²) in [5.74, 6) is -0.205. The van der Waals surface area contributed by atoms with Crippen molar-refractivity contribution in [3.05, 3.63) is 83.3 Å². The molecule has 0 bridgehead atoms. The quantitative estimate of drug-likeness (QED) is 0.311. The Labute approximate surface area is 191 Å². The molecule has 1 aromatic heterocycles. The average Bonchev–Trinajstić information content (AvgIpc) is 3.42. The van der Waals surface area contributed by atoms with Crippen LogP contribution < -0.4 is 14.4 Å². The van der Waals surface area contributed by atoms with E-state index in [4.69, 9.17) is 13.9 Å². The zero-order valence-electron chi connectivity index (χ0n) is 18.7. The molecule has 1 N–H and O–H groups in total. The van der Waals surface area contributed by atoms with Crippen molar-refractivity contribution in [2.45, 2.75) is 26.8 Å². The lowest BCUT2D eigenvalue weighted by molar-refractivity contribution is -0.132. The van der Waals surface area contributed by atoms with E-state index in [-0.39, 0.29) is 11.3 Å². The number of hydrogen-bond acceptors (Lipinski definition) is 6. The monoisotopic (exact) mass is 447 g/mol. The lowest BCUT2D eigenvalue weighted by Gasteiger charge is -2.23. The Bertz CT molecular complexity index is 1210. The predicted octanol–water partition coefficient (Wildman–Crippen LogP) is 5.01. The van der Waals surface area contributed by atoms with Gasteiger partial charge in [0.05, 0.1) is 25.1 Å². The summed E-state index contributed by atoms with van der Waals surface area (Å²) in [4.78, 5) is 27.7. The number of furan rings is 1. The molecule has 1 atom stereocenters. The number of anilines is 1. The van der Waals surface area contributed by atoms with Crippen LogP contribution in [-0.4, -0.2) is 30.0 Å². The summed E-state index contributed by atoms with van der Waals surface area (Å²) in [5.41, 5.74) is 1.63. The van der Waals surface area contributed by atoms with Crippen molar-refractivity contribution < 1.29 is 28.6 Å². The molecule has 1 fully saturated rings. The summed E-state index contributed by atoms with van der Waals surface area (Å²) in [7, 11) is 0. The molecule has 1 aliphatic heterocycles. The molecule has 0 saturated carbocycles. The number of ether oxygens (including phenoxy) is 2. The highest BCUT2D eigenvalue weighted by molar-refractivity contribution is 6.51. The van der Waals surface area contributed by atoms with Crippen molar-refractivity contribution in [2.24, 2.45) is 0 Å².